The molecule has 2 aromatic carbocycles. The molecule has 1 aliphatic rings. The summed E-state index contributed by atoms with van der Waals surface area (Å²) in [7, 11) is -3.67. The van der Waals surface area contributed by atoms with E-state index in [9.17, 15) is 17.6 Å². The molecule has 3 aromatic rings. The first kappa shape index (κ1) is 24.3. The van der Waals surface area contributed by atoms with E-state index < -0.39 is 10.0 Å². The lowest BCUT2D eigenvalue weighted by molar-refractivity contribution is -0.126. The number of carbonyl (C=O) groups is 1. The van der Waals surface area contributed by atoms with E-state index in [1.165, 1.54) is 12.1 Å². The highest BCUT2D eigenvalue weighted by molar-refractivity contribution is 7.89. The predicted molar refractivity (Wildman–Crippen MR) is 130 cm³/mol. The van der Waals surface area contributed by atoms with E-state index >= 15 is 0 Å². The van der Waals surface area contributed by atoms with Crippen molar-refractivity contribution >= 4 is 26.8 Å². The van der Waals surface area contributed by atoms with Gasteiger partial charge in [0.15, 0.2) is 0 Å². The van der Waals surface area contributed by atoms with Crippen molar-refractivity contribution in [3.05, 3.63) is 71.7 Å². The number of halogens is 1. The van der Waals surface area contributed by atoms with Crippen LogP contribution in [0, 0.1) is 11.7 Å². The summed E-state index contributed by atoms with van der Waals surface area (Å²) in [6.45, 7) is 3.90. The molecular formula is C26H30FN3O3S. The molecular weight excluding hydrogens is 453 g/mol. The van der Waals surface area contributed by atoms with Crippen LogP contribution >= 0.6 is 0 Å². The normalized spacial score (nSPS) is 19.6. The van der Waals surface area contributed by atoms with Crippen molar-refractivity contribution in [1.29, 1.82) is 0 Å². The number of hydrogen-bond donors (Lipinski definition) is 2. The Morgan fingerprint density at radius 3 is 2.44 bits per heavy atom. The Labute approximate surface area is 200 Å². The SMILES string of the molecule is CCc1ccc2cc(S(=O)(=O)N[C@H]3CC[C@H](C(=O)N[C@H](C)c4ccc(F)cc4)CC3)ccc2n1. The zero-order valence-electron chi connectivity index (χ0n) is 19.4. The van der Waals surface area contributed by atoms with Crippen LogP contribution in [-0.2, 0) is 21.2 Å². The van der Waals surface area contributed by atoms with Crippen LogP contribution in [0.3, 0.4) is 0 Å². The third-order valence-electron chi connectivity index (χ3n) is 6.54. The number of nitrogens with zero attached hydrogens (tertiary/aromatic N) is 1. The van der Waals surface area contributed by atoms with Crippen LogP contribution in [0.4, 0.5) is 4.39 Å². The van der Waals surface area contributed by atoms with E-state index in [0.29, 0.717) is 25.7 Å². The third kappa shape index (κ3) is 5.62. The van der Waals surface area contributed by atoms with Gasteiger partial charge in [-0.25, -0.2) is 17.5 Å². The first-order chi connectivity index (χ1) is 16.2. The summed E-state index contributed by atoms with van der Waals surface area (Å²) in [6.07, 6.45) is 3.23. The summed E-state index contributed by atoms with van der Waals surface area (Å²) in [4.78, 5) is 17.5. The molecule has 0 aliphatic heterocycles. The number of amides is 1. The summed E-state index contributed by atoms with van der Waals surface area (Å²) in [5, 5.41) is 3.78. The number of rotatable bonds is 7. The van der Waals surface area contributed by atoms with E-state index in [-0.39, 0.29) is 34.6 Å². The first-order valence-electron chi connectivity index (χ1n) is 11.7. The maximum atomic E-state index is 13.1. The fourth-order valence-corrected chi connectivity index (χ4v) is 5.78. The average molecular weight is 484 g/mol. The topological polar surface area (TPSA) is 88.2 Å². The van der Waals surface area contributed by atoms with Crippen molar-refractivity contribution in [2.24, 2.45) is 5.92 Å². The lowest BCUT2D eigenvalue weighted by atomic mass is 9.85. The van der Waals surface area contributed by atoms with E-state index in [0.717, 1.165) is 28.6 Å². The minimum absolute atomic E-state index is 0.0494. The van der Waals surface area contributed by atoms with Gasteiger partial charge in [-0.15, -0.1) is 0 Å². The molecule has 1 heterocycles. The van der Waals surface area contributed by atoms with Gasteiger partial charge in [0.25, 0.3) is 0 Å². The summed E-state index contributed by atoms with van der Waals surface area (Å²) in [5.41, 5.74) is 2.58. The maximum Gasteiger partial charge on any atom is 0.240 e. The van der Waals surface area contributed by atoms with Gasteiger partial charge in [-0.1, -0.05) is 25.1 Å². The maximum absolute atomic E-state index is 13.1. The number of carbonyl (C=O) groups excluding carboxylic acids is 1. The molecule has 1 saturated carbocycles. The van der Waals surface area contributed by atoms with Crippen LogP contribution in [0.25, 0.3) is 10.9 Å². The number of hydrogen-bond acceptors (Lipinski definition) is 4. The molecule has 0 saturated heterocycles. The van der Waals surface area contributed by atoms with Gasteiger partial charge >= 0.3 is 0 Å². The molecule has 1 atom stereocenters. The van der Waals surface area contributed by atoms with Crippen LogP contribution in [-0.4, -0.2) is 25.4 Å². The van der Waals surface area contributed by atoms with Crippen LogP contribution in [0.5, 0.6) is 0 Å². The number of aromatic nitrogens is 1. The van der Waals surface area contributed by atoms with Gasteiger partial charge < -0.3 is 5.32 Å². The smallest absolute Gasteiger partial charge is 0.240 e. The Balaban J connectivity index is 1.33. The van der Waals surface area contributed by atoms with Crippen LogP contribution in [0.1, 0.15) is 56.8 Å². The molecule has 180 valence electrons. The number of benzene rings is 2. The Morgan fingerprint density at radius 1 is 1.06 bits per heavy atom. The lowest BCUT2D eigenvalue weighted by Crippen LogP contribution is -2.41. The zero-order valence-corrected chi connectivity index (χ0v) is 20.2. The largest absolute Gasteiger partial charge is 0.349 e. The minimum atomic E-state index is -3.67. The van der Waals surface area contributed by atoms with Gasteiger partial charge in [0, 0.05) is 23.0 Å². The molecule has 1 amide bonds. The number of fused-ring (bicyclic) bond motifs is 1. The second kappa shape index (κ2) is 10.2. The fraction of sp³-hybridized carbons (Fsp3) is 0.385. The van der Waals surface area contributed by atoms with Crippen molar-refractivity contribution in [1.82, 2.24) is 15.0 Å². The number of aryl methyl sites for hydroxylation is 1. The minimum Gasteiger partial charge on any atom is -0.349 e. The van der Waals surface area contributed by atoms with Gasteiger partial charge in [-0.05, 0) is 81.0 Å². The molecule has 34 heavy (non-hydrogen) atoms. The van der Waals surface area contributed by atoms with E-state index in [2.05, 4.69) is 15.0 Å². The highest BCUT2D eigenvalue weighted by Crippen LogP contribution is 2.27. The Hall–Kier alpha value is -2.84. The molecule has 4 rings (SSSR count). The molecule has 1 fully saturated rings. The monoisotopic (exact) mass is 483 g/mol. The third-order valence-corrected chi connectivity index (χ3v) is 8.06. The van der Waals surface area contributed by atoms with Crippen LogP contribution in [0.15, 0.2) is 59.5 Å². The predicted octanol–water partition coefficient (Wildman–Crippen LogP) is 4.65. The van der Waals surface area contributed by atoms with E-state index in [1.807, 2.05) is 26.0 Å². The summed E-state index contributed by atoms with van der Waals surface area (Å²) in [5.74, 6) is -0.524. The second-order valence-corrected chi connectivity index (χ2v) is 10.7. The number of nitrogens with one attached hydrogen (secondary N) is 2. The number of sulfonamides is 1. The van der Waals surface area contributed by atoms with E-state index in [1.54, 1.807) is 30.3 Å². The lowest BCUT2D eigenvalue weighted by Gasteiger charge is -2.29. The summed E-state index contributed by atoms with van der Waals surface area (Å²) >= 11 is 0. The zero-order chi connectivity index (χ0) is 24.3. The molecule has 0 unspecified atom stereocenters. The quantitative estimate of drug-likeness (QED) is 0.512. The molecule has 1 aliphatic carbocycles. The van der Waals surface area contributed by atoms with Gasteiger partial charge in [-0.3, -0.25) is 9.78 Å². The van der Waals surface area contributed by atoms with Gasteiger partial charge in [0.2, 0.25) is 15.9 Å². The molecule has 6 nitrogen and oxygen atoms in total. The first-order valence-corrected chi connectivity index (χ1v) is 13.2. The Kier molecular flexibility index (Phi) is 7.28. The molecule has 2 N–H and O–H groups in total. The molecule has 1 aromatic heterocycles. The molecule has 0 spiro atoms. The van der Waals surface area contributed by atoms with Gasteiger partial charge in [0.05, 0.1) is 16.5 Å². The highest BCUT2D eigenvalue weighted by Gasteiger charge is 2.30. The molecule has 8 heteroatoms. The van der Waals surface area contributed by atoms with Crippen molar-refractivity contribution in [2.75, 3.05) is 0 Å². The second-order valence-electron chi connectivity index (χ2n) is 8.96. The van der Waals surface area contributed by atoms with Crippen molar-refractivity contribution in [3.8, 4) is 0 Å². The summed E-state index contributed by atoms with van der Waals surface area (Å²) < 4.78 is 41.9. The van der Waals surface area contributed by atoms with Crippen molar-refractivity contribution < 1.29 is 17.6 Å². The molecule has 0 bridgehead atoms. The Bertz CT molecular complexity index is 1270. The van der Waals surface area contributed by atoms with Crippen LogP contribution < -0.4 is 10.0 Å². The number of pyridine rings is 1. The fourth-order valence-electron chi connectivity index (χ4n) is 4.44. The van der Waals surface area contributed by atoms with Crippen molar-refractivity contribution in [3.63, 3.8) is 0 Å². The highest BCUT2D eigenvalue weighted by atomic mass is 32.2. The summed E-state index contributed by atoms with van der Waals surface area (Å²) in [6, 6.07) is 14.5. The standard InChI is InChI=1S/C26H30FN3O3S/c1-3-22-11-8-20-16-24(14-15-25(20)29-22)34(32,33)30-23-12-6-19(7-13-23)26(31)28-17(2)18-4-9-21(27)10-5-18/h4-5,8-11,14-17,19,23,30H,3,6-7,12-13H2,1-2H3,(H,28,31)/t17-,19-,23-/m1/s1. The van der Waals surface area contributed by atoms with Crippen molar-refractivity contribution in [2.45, 2.75) is 62.9 Å². The van der Waals surface area contributed by atoms with E-state index in [4.69, 9.17) is 0 Å². The van der Waals surface area contributed by atoms with Gasteiger partial charge in [0.1, 0.15) is 5.82 Å². The Morgan fingerprint density at radius 2 is 1.76 bits per heavy atom. The van der Waals surface area contributed by atoms with Gasteiger partial charge in [-0.2, -0.15) is 0 Å². The average Bonchev–Trinajstić information content (AvgIpc) is 2.83. The van der Waals surface area contributed by atoms with Crippen LogP contribution in [0.2, 0.25) is 0 Å². The molecule has 0 radical (unpaired) electrons.